The predicted molar refractivity (Wildman–Crippen MR) is 137 cm³/mol. The summed E-state index contributed by atoms with van der Waals surface area (Å²) >= 11 is 0. The molecule has 5 rings (SSSR count). The van der Waals surface area contributed by atoms with Gasteiger partial charge in [-0.3, -0.25) is 4.79 Å². The third-order valence-corrected chi connectivity index (χ3v) is 13.2. The van der Waals surface area contributed by atoms with Gasteiger partial charge in [0.2, 0.25) is 0 Å². The number of allylic oxidation sites excluding steroid dienone is 2. The second-order valence-electron chi connectivity index (χ2n) is 14.9. The molecule has 1 unspecified atom stereocenters. The highest BCUT2D eigenvalue weighted by Crippen LogP contribution is 2.75. The fraction of sp³-hybridized carbons (Fsp3) is 0.900. The largest absolute Gasteiger partial charge is 0.481 e. The van der Waals surface area contributed by atoms with Crippen LogP contribution in [0.3, 0.4) is 0 Å². The molecule has 0 aromatic carbocycles. The lowest BCUT2D eigenvalue weighted by atomic mass is 9.33. The molecule has 0 spiro atoms. The van der Waals surface area contributed by atoms with Crippen molar-refractivity contribution in [1.29, 1.82) is 0 Å². The average molecular weight is 505 g/mol. The molecule has 0 bridgehead atoms. The molecule has 5 aliphatic carbocycles. The Bertz CT molecular complexity index is 959. The van der Waals surface area contributed by atoms with E-state index < -0.39 is 34.4 Å². The maximum Gasteiger partial charge on any atom is 0.310 e. The molecular formula is C30H48O6. The average Bonchev–Trinajstić information content (AvgIpc) is 2.82. The second kappa shape index (κ2) is 8.03. The summed E-state index contributed by atoms with van der Waals surface area (Å²) in [5.41, 5.74) is -1.06. The molecule has 0 amide bonds. The van der Waals surface area contributed by atoms with Gasteiger partial charge >= 0.3 is 5.97 Å². The van der Waals surface area contributed by atoms with Crippen molar-refractivity contribution >= 4 is 5.97 Å². The second-order valence-corrected chi connectivity index (χ2v) is 14.9. The lowest BCUT2D eigenvalue weighted by Crippen LogP contribution is -2.69. The highest BCUT2D eigenvalue weighted by molar-refractivity contribution is 5.76. The van der Waals surface area contributed by atoms with E-state index in [1.165, 1.54) is 5.57 Å². The Hall–Kier alpha value is -0.950. The first-order valence-corrected chi connectivity index (χ1v) is 14.2. The molecule has 4 saturated carbocycles. The summed E-state index contributed by atoms with van der Waals surface area (Å²) in [4.78, 5) is 12.8. The summed E-state index contributed by atoms with van der Waals surface area (Å²) in [5, 5.41) is 53.9. The van der Waals surface area contributed by atoms with Gasteiger partial charge in [0.05, 0.1) is 24.2 Å². The number of hydrogen-bond donors (Lipinski definition) is 5. The molecular weight excluding hydrogens is 456 g/mol. The van der Waals surface area contributed by atoms with Crippen molar-refractivity contribution in [2.45, 2.75) is 105 Å². The standard InChI is InChI=1S/C30H48O6/c1-25(2)10-12-29(24(35)36)13-11-27(4)18(19(29)14-25)6-7-22-28(27,5)9-8-21-26(3,16-31)23(34)20(33)15-30(21,22)17-32/h6,19-23,31-34H,7-17H2,1-5H3,(H,35,36)/t19-,20+,21-,22-,23-,26?,27+,28+,29-,30+/m0/s1. The van der Waals surface area contributed by atoms with E-state index in [1.54, 1.807) is 0 Å². The number of aliphatic hydroxyl groups is 4. The van der Waals surface area contributed by atoms with Gasteiger partial charge < -0.3 is 25.5 Å². The third kappa shape index (κ3) is 3.08. The van der Waals surface area contributed by atoms with E-state index in [0.29, 0.717) is 12.8 Å². The van der Waals surface area contributed by atoms with Crippen LogP contribution < -0.4 is 0 Å². The summed E-state index contributed by atoms with van der Waals surface area (Å²) < 4.78 is 0. The molecule has 0 heterocycles. The maximum absolute atomic E-state index is 12.8. The number of carboxylic acid groups (broad SMARTS) is 1. The number of aliphatic hydroxyl groups excluding tert-OH is 4. The van der Waals surface area contributed by atoms with E-state index in [1.807, 2.05) is 6.92 Å². The Balaban J connectivity index is 1.63. The van der Waals surface area contributed by atoms with Gasteiger partial charge in [-0.25, -0.2) is 0 Å². The monoisotopic (exact) mass is 504 g/mol. The summed E-state index contributed by atoms with van der Waals surface area (Å²) in [6, 6.07) is 0. The van der Waals surface area contributed by atoms with E-state index in [4.69, 9.17) is 0 Å². The lowest BCUT2D eigenvalue weighted by molar-refractivity contribution is -0.258. The Labute approximate surface area is 216 Å². The molecule has 6 nitrogen and oxygen atoms in total. The fourth-order valence-corrected chi connectivity index (χ4v) is 10.7. The number of carboxylic acids is 1. The van der Waals surface area contributed by atoms with Gasteiger partial charge in [0, 0.05) is 17.4 Å². The SMILES string of the molecule is CC1(C)CC[C@]2(C(=O)O)CC[C@]3(C)C(=CC[C@@H]4[C@@]5(CO)C[C@@H](O)[C@H](O)C(C)(CO)[C@@H]5CC[C@]43C)[C@@H]2C1. The van der Waals surface area contributed by atoms with E-state index in [2.05, 4.69) is 33.8 Å². The molecule has 4 fully saturated rings. The Morgan fingerprint density at radius 1 is 0.917 bits per heavy atom. The number of fused-ring (bicyclic) bond motifs is 7. The summed E-state index contributed by atoms with van der Waals surface area (Å²) in [5.74, 6) is -0.619. The number of hydrogen-bond acceptors (Lipinski definition) is 5. The normalized spacial score (nSPS) is 53.8. The van der Waals surface area contributed by atoms with Crippen LogP contribution in [0.15, 0.2) is 11.6 Å². The molecule has 36 heavy (non-hydrogen) atoms. The van der Waals surface area contributed by atoms with Gasteiger partial charge in [0.15, 0.2) is 0 Å². The van der Waals surface area contributed by atoms with E-state index in [0.717, 1.165) is 44.9 Å². The van der Waals surface area contributed by atoms with Crippen LogP contribution in [0.25, 0.3) is 0 Å². The van der Waals surface area contributed by atoms with Gasteiger partial charge in [-0.1, -0.05) is 46.3 Å². The molecule has 10 atom stereocenters. The van der Waals surface area contributed by atoms with Crippen molar-refractivity contribution < 1.29 is 30.3 Å². The van der Waals surface area contributed by atoms with Crippen LogP contribution in [-0.4, -0.2) is 56.9 Å². The van der Waals surface area contributed by atoms with Crippen LogP contribution in [-0.2, 0) is 4.79 Å². The van der Waals surface area contributed by atoms with Gasteiger partial charge in [0.1, 0.15) is 0 Å². The fourth-order valence-electron chi connectivity index (χ4n) is 10.7. The third-order valence-electron chi connectivity index (χ3n) is 13.2. The highest BCUT2D eigenvalue weighted by atomic mass is 16.4. The van der Waals surface area contributed by atoms with Gasteiger partial charge in [-0.05, 0) is 91.8 Å². The van der Waals surface area contributed by atoms with E-state index in [-0.39, 0.29) is 47.2 Å². The van der Waals surface area contributed by atoms with Gasteiger partial charge in [0.25, 0.3) is 0 Å². The Morgan fingerprint density at radius 2 is 1.58 bits per heavy atom. The molecule has 6 heteroatoms. The van der Waals surface area contributed by atoms with Crippen LogP contribution in [0.2, 0.25) is 0 Å². The topological polar surface area (TPSA) is 118 Å². The van der Waals surface area contributed by atoms with Crippen LogP contribution in [0.4, 0.5) is 0 Å². The van der Waals surface area contributed by atoms with E-state index >= 15 is 0 Å². The number of rotatable bonds is 3. The molecule has 0 aromatic rings. The van der Waals surface area contributed by atoms with Crippen molar-refractivity contribution in [1.82, 2.24) is 0 Å². The number of aliphatic carboxylic acids is 1. The maximum atomic E-state index is 12.8. The Morgan fingerprint density at radius 3 is 2.19 bits per heavy atom. The Kier molecular flexibility index (Phi) is 5.95. The quantitative estimate of drug-likeness (QED) is 0.369. The highest BCUT2D eigenvalue weighted by Gasteiger charge is 2.71. The van der Waals surface area contributed by atoms with Crippen LogP contribution >= 0.6 is 0 Å². The van der Waals surface area contributed by atoms with Crippen molar-refractivity contribution in [2.75, 3.05) is 13.2 Å². The zero-order valence-electron chi connectivity index (χ0n) is 22.9. The van der Waals surface area contributed by atoms with Crippen molar-refractivity contribution in [3.05, 3.63) is 11.6 Å². The molecule has 0 aromatic heterocycles. The first kappa shape index (κ1) is 26.6. The van der Waals surface area contributed by atoms with Crippen LogP contribution in [0.5, 0.6) is 0 Å². The van der Waals surface area contributed by atoms with Gasteiger partial charge in [-0.2, -0.15) is 0 Å². The minimum atomic E-state index is -1.02. The number of carbonyl (C=O) groups is 1. The summed E-state index contributed by atoms with van der Waals surface area (Å²) in [7, 11) is 0. The first-order valence-electron chi connectivity index (χ1n) is 14.2. The molecule has 204 valence electrons. The molecule has 5 aliphatic rings. The van der Waals surface area contributed by atoms with Crippen molar-refractivity contribution in [3.63, 3.8) is 0 Å². The lowest BCUT2D eigenvalue weighted by Gasteiger charge is -2.71. The van der Waals surface area contributed by atoms with Crippen molar-refractivity contribution in [3.8, 4) is 0 Å². The molecule has 0 radical (unpaired) electrons. The summed E-state index contributed by atoms with van der Waals surface area (Å²) in [6.45, 7) is 10.8. The smallest absolute Gasteiger partial charge is 0.310 e. The molecule has 0 aliphatic heterocycles. The zero-order valence-corrected chi connectivity index (χ0v) is 22.9. The van der Waals surface area contributed by atoms with Crippen LogP contribution in [0, 0.1) is 50.2 Å². The van der Waals surface area contributed by atoms with Crippen LogP contribution in [0.1, 0.15) is 92.4 Å². The summed E-state index contributed by atoms with van der Waals surface area (Å²) in [6.07, 6.45) is 7.16. The predicted octanol–water partition coefficient (Wildman–Crippen LogP) is 4.15. The van der Waals surface area contributed by atoms with E-state index in [9.17, 15) is 30.3 Å². The first-order chi connectivity index (χ1) is 16.7. The van der Waals surface area contributed by atoms with Crippen molar-refractivity contribution in [2.24, 2.45) is 50.2 Å². The minimum absolute atomic E-state index is 0.0274. The zero-order chi connectivity index (χ0) is 26.5. The molecule has 5 N–H and O–H groups in total. The minimum Gasteiger partial charge on any atom is -0.481 e. The van der Waals surface area contributed by atoms with Gasteiger partial charge in [-0.15, -0.1) is 0 Å². The molecule has 0 saturated heterocycles.